The van der Waals surface area contributed by atoms with Gasteiger partial charge in [-0.3, -0.25) is 25.4 Å². The van der Waals surface area contributed by atoms with E-state index in [4.69, 9.17) is 21.1 Å². The third-order valence-electron chi connectivity index (χ3n) is 4.52. The van der Waals surface area contributed by atoms with Crippen LogP contribution in [0.5, 0.6) is 11.5 Å². The summed E-state index contributed by atoms with van der Waals surface area (Å²) in [5.41, 5.74) is 7.95. The Labute approximate surface area is 185 Å². The van der Waals surface area contributed by atoms with E-state index in [0.29, 0.717) is 28.7 Å². The molecule has 3 rings (SSSR count). The van der Waals surface area contributed by atoms with Gasteiger partial charge in [-0.2, -0.15) is 0 Å². The van der Waals surface area contributed by atoms with Gasteiger partial charge in [0.05, 0.1) is 12.7 Å². The standard InChI is InChI=1S/C23H22ClN3O4/c1-14-9-17(10-15(2)21(14)31-13-16-5-4-8-25-12-16)22(28)26-27-23(29)19-11-18(24)6-7-20(19)30-3/h4-12H,13H2,1-3H3,(H,26,28)(H,27,29). The van der Waals surface area contributed by atoms with E-state index in [2.05, 4.69) is 15.8 Å². The van der Waals surface area contributed by atoms with E-state index in [9.17, 15) is 9.59 Å². The van der Waals surface area contributed by atoms with Gasteiger partial charge in [-0.05, 0) is 61.4 Å². The molecule has 31 heavy (non-hydrogen) atoms. The van der Waals surface area contributed by atoms with Crippen molar-refractivity contribution in [3.63, 3.8) is 0 Å². The lowest BCUT2D eigenvalue weighted by Crippen LogP contribution is -2.41. The van der Waals surface area contributed by atoms with Crippen LogP contribution in [0.1, 0.15) is 37.4 Å². The Bertz CT molecular complexity index is 1080. The maximum absolute atomic E-state index is 12.6. The molecular formula is C23H22ClN3O4. The van der Waals surface area contributed by atoms with Crippen molar-refractivity contribution in [1.29, 1.82) is 0 Å². The van der Waals surface area contributed by atoms with Crippen molar-refractivity contribution >= 4 is 23.4 Å². The summed E-state index contributed by atoms with van der Waals surface area (Å²) in [6.45, 7) is 4.09. The molecule has 0 aliphatic heterocycles. The fourth-order valence-electron chi connectivity index (χ4n) is 3.06. The van der Waals surface area contributed by atoms with Gasteiger partial charge in [-0.15, -0.1) is 0 Å². The summed E-state index contributed by atoms with van der Waals surface area (Å²) in [5.74, 6) is 0.0444. The highest BCUT2D eigenvalue weighted by Gasteiger charge is 2.16. The third kappa shape index (κ3) is 5.52. The second-order valence-electron chi connectivity index (χ2n) is 6.84. The van der Waals surface area contributed by atoms with E-state index in [0.717, 1.165) is 16.7 Å². The van der Waals surface area contributed by atoms with Crippen LogP contribution in [-0.2, 0) is 6.61 Å². The number of aryl methyl sites for hydroxylation is 2. The molecule has 0 saturated carbocycles. The molecule has 0 radical (unpaired) electrons. The summed E-state index contributed by atoms with van der Waals surface area (Å²) in [4.78, 5) is 29.1. The number of nitrogens with one attached hydrogen (secondary N) is 2. The first kappa shape index (κ1) is 22.1. The molecular weight excluding hydrogens is 418 g/mol. The highest BCUT2D eigenvalue weighted by atomic mass is 35.5. The number of hydrogen-bond donors (Lipinski definition) is 2. The maximum atomic E-state index is 12.6. The average Bonchev–Trinajstić information content (AvgIpc) is 2.77. The van der Waals surface area contributed by atoms with Crippen LogP contribution in [0, 0.1) is 13.8 Å². The molecule has 0 aliphatic carbocycles. The van der Waals surface area contributed by atoms with Crippen molar-refractivity contribution in [3.8, 4) is 11.5 Å². The van der Waals surface area contributed by atoms with Gasteiger partial charge in [0.2, 0.25) is 0 Å². The normalized spacial score (nSPS) is 10.3. The number of ether oxygens (including phenoxy) is 2. The van der Waals surface area contributed by atoms with Crippen LogP contribution < -0.4 is 20.3 Å². The van der Waals surface area contributed by atoms with E-state index >= 15 is 0 Å². The molecule has 3 aromatic rings. The number of halogens is 1. The summed E-state index contributed by atoms with van der Waals surface area (Å²) < 4.78 is 11.1. The van der Waals surface area contributed by atoms with E-state index < -0.39 is 11.8 Å². The SMILES string of the molecule is COc1ccc(Cl)cc1C(=O)NNC(=O)c1cc(C)c(OCc2cccnc2)c(C)c1. The van der Waals surface area contributed by atoms with Crippen molar-refractivity contribution in [3.05, 3.63) is 87.7 Å². The highest BCUT2D eigenvalue weighted by Crippen LogP contribution is 2.26. The monoisotopic (exact) mass is 439 g/mol. The number of carbonyl (C=O) groups is 2. The molecule has 160 valence electrons. The van der Waals surface area contributed by atoms with Crippen molar-refractivity contribution < 1.29 is 19.1 Å². The van der Waals surface area contributed by atoms with Crippen LogP contribution in [0.4, 0.5) is 0 Å². The van der Waals surface area contributed by atoms with E-state index in [1.165, 1.54) is 13.2 Å². The molecule has 0 atom stereocenters. The molecule has 0 saturated heterocycles. The number of pyridine rings is 1. The molecule has 0 fully saturated rings. The Kier molecular flexibility index (Phi) is 7.10. The number of methoxy groups -OCH3 is 1. The quantitative estimate of drug-likeness (QED) is 0.566. The Morgan fingerprint density at radius 2 is 1.74 bits per heavy atom. The molecule has 0 unspecified atom stereocenters. The van der Waals surface area contributed by atoms with Crippen LogP contribution in [0.15, 0.2) is 54.9 Å². The Hall–Kier alpha value is -3.58. The van der Waals surface area contributed by atoms with Crippen molar-refractivity contribution in [2.75, 3.05) is 7.11 Å². The topological polar surface area (TPSA) is 89.6 Å². The van der Waals surface area contributed by atoms with Crippen LogP contribution in [-0.4, -0.2) is 23.9 Å². The number of hydrogen-bond acceptors (Lipinski definition) is 5. The molecule has 1 heterocycles. The van der Waals surface area contributed by atoms with Gasteiger partial charge in [-0.25, -0.2) is 0 Å². The van der Waals surface area contributed by atoms with Gasteiger partial charge in [0.15, 0.2) is 0 Å². The van der Waals surface area contributed by atoms with Crippen molar-refractivity contribution in [1.82, 2.24) is 15.8 Å². The minimum atomic E-state index is -0.544. The number of hydrazine groups is 1. The van der Waals surface area contributed by atoms with E-state index in [1.54, 1.807) is 36.7 Å². The number of nitrogens with zero attached hydrogens (tertiary/aromatic N) is 1. The summed E-state index contributed by atoms with van der Waals surface area (Å²) in [6, 6.07) is 11.8. The third-order valence-corrected chi connectivity index (χ3v) is 4.76. The molecule has 0 aliphatic rings. The minimum absolute atomic E-state index is 0.210. The first-order valence-corrected chi connectivity index (χ1v) is 9.84. The largest absolute Gasteiger partial charge is 0.496 e. The summed E-state index contributed by atoms with van der Waals surface area (Å²) >= 11 is 5.95. The zero-order chi connectivity index (χ0) is 22.4. The number of rotatable bonds is 6. The number of amides is 2. The lowest BCUT2D eigenvalue weighted by molar-refractivity contribution is 0.0845. The average molecular weight is 440 g/mol. The zero-order valence-electron chi connectivity index (χ0n) is 17.4. The van der Waals surface area contributed by atoms with Gasteiger partial charge < -0.3 is 9.47 Å². The molecule has 2 N–H and O–H groups in total. The summed E-state index contributed by atoms with van der Waals surface area (Å²) in [5, 5.41) is 0.380. The maximum Gasteiger partial charge on any atom is 0.273 e. The summed E-state index contributed by atoms with van der Waals surface area (Å²) in [7, 11) is 1.45. The number of aromatic nitrogens is 1. The Morgan fingerprint density at radius 3 is 2.39 bits per heavy atom. The van der Waals surface area contributed by atoms with Crippen LogP contribution >= 0.6 is 11.6 Å². The lowest BCUT2D eigenvalue weighted by atomic mass is 10.1. The van der Waals surface area contributed by atoms with Crippen LogP contribution in [0.25, 0.3) is 0 Å². The minimum Gasteiger partial charge on any atom is -0.496 e. The zero-order valence-corrected chi connectivity index (χ0v) is 18.1. The fourth-order valence-corrected chi connectivity index (χ4v) is 3.23. The Morgan fingerprint density at radius 1 is 1.03 bits per heavy atom. The number of benzene rings is 2. The van der Waals surface area contributed by atoms with Gasteiger partial charge in [-0.1, -0.05) is 17.7 Å². The second-order valence-corrected chi connectivity index (χ2v) is 7.28. The number of carbonyl (C=O) groups excluding carboxylic acids is 2. The molecule has 0 bridgehead atoms. The first-order chi connectivity index (χ1) is 14.9. The predicted octanol–water partition coefficient (Wildman–Crippen LogP) is 4.01. The highest BCUT2D eigenvalue weighted by molar-refractivity contribution is 6.31. The molecule has 7 nitrogen and oxygen atoms in total. The van der Waals surface area contributed by atoms with E-state index in [1.807, 2.05) is 26.0 Å². The Balaban J connectivity index is 1.67. The van der Waals surface area contributed by atoms with Gasteiger partial charge in [0.1, 0.15) is 18.1 Å². The van der Waals surface area contributed by atoms with E-state index in [-0.39, 0.29) is 5.56 Å². The molecule has 2 amide bonds. The molecule has 8 heteroatoms. The van der Waals surface area contributed by atoms with Gasteiger partial charge in [0.25, 0.3) is 11.8 Å². The van der Waals surface area contributed by atoms with Gasteiger partial charge in [0, 0.05) is 28.5 Å². The fraction of sp³-hybridized carbons (Fsp3) is 0.174. The lowest BCUT2D eigenvalue weighted by Gasteiger charge is -2.15. The summed E-state index contributed by atoms with van der Waals surface area (Å²) in [6.07, 6.45) is 3.44. The van der Waals surface area contributed by atoms with Crippen LogP contribution in [0.3, 0.4) is 0 Å². The van der Waals surface area contributed by atoms with Gasteiger partial charge >= 0.3 is 0 Å². The molecule has 0 spiro atoms. The first-order valence-electron chi connectivity index (χ1n) is 9.46. The molecule has 1 aromatic heterocycles. The second kappa shape index (κ2) is 9.95. The van der Waals surface area contributed by atoms with Crippen LogP contribution in [0.2, 0.25) is 5.02 Å². The van der Waals surface area contributed by atoms with Crippen molar-refractivity contribution in [2.45, 2.75) is 20.5 Å². The smallest absolute Gasteiger partial charge is 0.273 e. The van der Waals surface area contributed by atoms with Crippen molar-refractivity contribution in [2.24, 2.45) is 0 Å². The predicted molar refractivity (Wildman–Crippen MR) is 117 cm³/mol. The molecule has 2 aromatic carbocycles.